The fourth-order valence-corrected chi connectivity index (χ4v) is 3.80. The average Bonchev–Trinajstić information content (AvgIpc) is 2.37. The Kier molecular flexibility index (Phi) is 7.38. The van der Waals surface area contributed by atoms with Crippen molar-refractivity contribution in [2.24, 2.45) is 5.92 Å². The summed E-state index contributed by atoms with van der Waals surface area (Å²) >= 11 is 0. The van der Waals surface area contributed by atoms with Crippen LogP contribution in [-0.4, -0.2) is 52.1 Å². The molecule has 2 N–H and O–H groups in total. The molecule has 21 heavy (non-hydrogen) atoms. The first-order valence-electron chi connectivity index (χ1n) is 7.20. The van der Waals surface area contributed by atoms with Crippen LogP contribution in [0.4, 0.5) is 13.2 Å². The Bertz CT molecular complexity index is 399. The van der Waals surface area contributed by atoms with E-state index in [0.29, 0.717) is 13.1 Å². The maximum Gasteiger partial charge on any atom is 0.389 e. The molecule has 1 heterocycles. The predicted molar refractivity (Wildman–Crippen MR) is 75.1 cm³/mol. The molecule has 126 valence electrons. The first-order chi connectivity index (χ1) is 9.74. The number of unbranched alkanes of at least 4 members (excludes halogenated alkanes) is 1. The van der Waals surface area contributed by atoms with E-state index < -0.39 is 22.8 Å². The summed E-state index contributed by atoms with van der Waals surface area (Å²) in [6.07, 6.45) is -3.13. The average molecular weight is 331 g/mol. The number of halogens is 3. The summed E-state index contributed by atoms with van der Waals surface area (Å²) in [5.74, 6) is 0.283. The van der Waals surface area contributed by atoms with Gasteiger partial charge in [-0.1, -0.05) is 0 Å². The Morgan fingerprint density at radius 1 is 1.29 bits per heavy atom. The van der Waals surface area contributed by atoms with E-state index in [-0.39, 0.29) is 25.3 Å². The van der Waals surface area contributed by atoms with E-state index in [2.05, 4.69) is 10.0 Å². The topological polar surface area (TPSA) is 61.4 Å². The van der Waals surface area contributed by atoms with Crippen LogP contribution in [0.2, 0.25) is 0 Å². The Morgan fingerprint density at radius 2 is 2.00 bits per heavy atom. The lowest BCUT2D eigenvalue weighted by Gasteiger charge is -2.31. The van der Waals surface area contributed by atoms with Crippen LogP contribution < -0.4 is 10.0 Å². The molecule has 5 nitrogen and oxygen atoms in total. The van der Waals surface area contributed by atoms with Crippen molar-refractivity contribution in [3.8, 4) is 0 Å². The molecule has 0 aromatic carbocycles. The normalized spacial score (nSPS) is 21.6. The van der Waals surface area contributed by atoms with Gasteiger partial charge in [-0.05, 0) is 45.2 Å². The number of piperidine rings is 1. The number of nitrogens with zero attached hydrogens (tertiary/aromatic N) is 1. The van der Waals surface area contributed by atoms with Crippen molar-refractivity contribution in [3.63, 3.8) is 0 Å². The van der Waals surface area contributed by atoms with Crippen LogP contribution >= 0.6 is 0 Å². The Balaban J connectivity index is 2.32. The second-order valence-electron chi connectivity index (χ2n) is 5.40. The summed E-state index contributed by atoms with van der Waals surface area (Å²) in [4.78, 5) is 0. The van der Waals surface area contributed by atoms with Gasteiger partial charge in [-0.2, -0.15) is 25.9 Å². The Morgan fingerprint density at radius 3 is 2.62 bits per heavy atom. The molecular weight excluding hydrogens is 307 g/mol. The van der Waals surface area contributed by atoms with Gasteiger partial charge in [-0.25, -0.2) is 4.72 Å². The molecule has 0 amide bonds. The molecule has 0 aliphatic carbocycles. The number of rotatable bonds is 8. The van der Waals surface area contributed by atoms with E-state index in [9.17, 15) is 21.6 Å². The maximum absolute atomic E-state index is 12.1. The lowest BCUT2D eigenvalue weighted by molar-refractivity contribution is -0.135. The SMILES string of the molecule is CNCC1CCCN(S(=O)(=O)NCCCCC(F)(F)F)C1. The minimum atomic E-state index is -4.17. The molecule has 1 rings (SSSR count). The molecule has 0 spiro atoms. The highest BCUT2D eigenvalue weighted by atomic mass is 32.2. The number of nitrogens with one attached hydrogen (secondary N) is 2. The van der Waals surface area contributed by atoms with Crippen LogP contribution in [0, 0.1) is 5.92 Å². The fourth-order valence-electron chi connectivity index (χ4n) is 2.44. The summed E-state index contributed by atoms with van der Waals surface area (Å²) < 4.78 is 63.8. The first kappa shape index (κ1) is 18.7. The summed E-state index contributed by atoms with van der Waals surface area (Å²) in [6, 6.07) is 0. The first-order valence-corrected chi connectivity index (χ1v) is 8.64. The molecule has 0 bridgehead atoms. The van der Waals surface area contributed by atoms with E-state index in [1.165, 1.54) is 4.31 Å². The molecule has 1 aliphatic rings. The molecule has 0 radical (unpaired) electrons. The van der Waals surface area contributed by atoms with Gasteiger partial charge in [-0.3, -0.25) is 0 Å². The third-order valence-corrected chi connectivity index (χ3v) is 5.07. The van der Waals surface area contributed by atoms with Crippen LogP contribution in [0.15, 0.2) is 0 Å². The van der Waals surface area contributed by atoms with Crippen LogP contribution in [0.1, 0.15) is 32.1 Å². The number of alkyl halides is 3. The summed E-state index contributed by atoms with van der Waals surface area (Å²) in [5.41, 5.74) is 0. The quantitative estimate of drug-likeness (QED) is 0.663. The second-order valence-corrected chi connectivity index (χ2v) is 7.15. The third kappa shape index (κ3) is 7.44. The van der Waals surface area contributed by atoms with Gasteiger partial charge in [-0.15, -0.1) is 0 Å². The van der Waals surface area contributed by atoms with Crippen molar-refractivity contribution in [2.45, 2.75) is 38.3 Å². The minimum absolute atomic E-state index is 0.0472. The molecule has 0 saturated carbocycles. The Labute approximate surface area is 124 Å². The molecular formula is C12H24F3N3O2S. The number of hydrogen-bond donors (Lipinski definition) is 2. The van der Waals surface area contributed by atoms with E-state index in [4.69, 9.17) is 0 Å². The zero-order valence-electron chi connectivity index (χ0n) is 12.2. The standard InChI is InChI=1S/C12H24F3N3O2S/c1-16-9-11-5-4-8-18(10-11)21(19,20)17-7-3-2-6-12(13,14)15/h11,16-17H,2-10H2,1H3. The molecule has 0 aromatic heterocycles. The van der Waals surface area contributed by atoms with Gasteiger partial charge in [0.05, 0.1) is 0 Å². The molecule has 0 aromatic rings. The minimum Gasteiger partial charge on any atom is -0.319 e. The highest BCUT2D eigenvalue weighted by Crippen LogP contribution is 2.22. The van der Waals surface area contributed by atoms with Crippen LogP contribution in [0.5, 0.6) is 0 Å². The summed E-state index contributed by atoms with van der Waals surface area (Å²) in [7, 11) is -1.75. The zero-order valence-corrected chi connectivity index (χ0v) is 13.1. The van der Waals surface area contributed by atoms with Crippen molar-refractivity contribution >= 4 is 10.2 Å². The highest BCUT2D eigenvalue weighted by Gasteiger charge is 2.29. The largest absolute Gasteiger partial charge is 0.389 e. The van der Waals surface area contributed by atoms with Gasteiger partial charge in [0, 0.05) is 26.1 Å². The van der Waals surface area contributed by atoms with Crippen molar-refractivity contribution in [2.75, 3.05) is 33.2 Å². The van der Waals surface area contributed by atoms with E-state index in [1.54, 1.807) is 0 Å². The van der Waals surface area contributed by atoms with Gasteiger partial charge >= 0.3 is 6.18 Å². The van der Waals surface area contributed by atoms with E-state index in [0.717, 1.165) is 19.4 Å². The third-order valence-electron chi connectivity index (χ3n) is 3.49. The molecule has 1 aliphatic heterocycles. The predicted octanol–water partition coefficient (Wildman–Crippen LogP) is 1.48. The van der Waals surface area contributed by atoms with Crippen molar-refractivity contribution in [1.29, 1.82) is 0 Å². The van der Waals surface area contributed by atoms with E-state index in [1.807, 2.05) is 7.05 Å². The van der Waals surface area contributed by atoms with Gasteiger partial charge < -0.3 is 5.32 Å². The van der Waals surface area contributed by atoms with Crippen LogP contribution in [0.25, 0.3) is 0 Å². The monoisotopic (exact) mass is 331 g/mol. The molecule has 1 unspecified atom stereocenters. The van der Waals surface area contributed by atoms with E-state index >= 15 is 0 Å². The molecule has 9 heteroatoms. The van der Waals surface area contributed by atoms with Gasteiger partial charge in [0.2, 0.25) is 0 Å². The highest BCUT2D eigenvalue weighted by molar-refractivity contribution is 7.87. The zero-order chi connectivity index (χ0) is 15.9. The van der Waals surface area contributed by atoms with Crippen LogP contribution in [0.3, 0.4) is 0 Å². The maximum atomic E-state index is 12.1. The molecule has 1 fully saturated rings. The summed E-state index contributed by atoms with van der Waals surface area (Å²) in [6.45, 7) is 1.74. The van der Waals surface area contributed by atoms with Crippen molar-refractivity contribution < 1.29 is 21.6 Å². The van der Waals surface area contributed by atoms with Gasteiger partial charge in [0.1, 0.15) is 0 Å². The smallest absolute Gasteiger partial charge is 0.319 e. The lowest BCUT2D eigenvalue weighted by atomic mass is 10.00. The van der Waals surface area contributed by atoms with Crippen molar-refractivity contribution in [1.82, 2.24) is 14.3 Å². The van der Waals surface area contributed by atoms with Crippen molar-refractivity contribution in [3.05, 3.63) is 0 Å². The summed E-state index contributed by atoms with van der Waals surface area (Å²) in [5, 5.41) is 3.03. The molecule has 1 saturated heterocycles. The number of hydrogen-bond acceptors (Lipinski definition) is 3. The molecule has 1 atom stereocenters. The second kappa shape index (κ2) is 8.30. The fraction of sp³-hybridized carbons (Fsp3) is 1.00. The lowest BCUT2D eigenvalue weighted by Crippen LogP contribution is -2.47. The van der Waals surface area contributed by atoms with Gasteiger partial charge in [0.25, 0.3) is 10.2 Å². The van der Waals surface area contributed by atoms with Crippen LogP contribution in [-0.2, 0) is 10.2 Å². The Hall–Kier alpha value is -0.380. The van der Waals surface area contributed by atoms with Gasteiger partial charge in [0.15, 0.2) is 0 Å².